The van der Waals surface area contributed by atoms with Crippen LogP contribution in [0.25, 0.3) is 11.1 Å². The van der Waals surface area contributed by atoms with E-state index in [4.69, 9.17) is 0 Å². The van der Waals surface area contributed by atoms with E-state index in [1.165, 1.54) is 0 Å². The fourth-order valence-corrected chi connectivity index (χ4v) is 6.25. The zero-order valence-corrected chi connectivity index (χ0v) is 18.5. The van der Waals surface area contributed by atoms with Gasteiger partial charge in [0, 0.05) is 12.2 Å². The third-order valence-electron chi connectivity index (χ3n) is 6.24. The molecule has 5 rings (SSSR count). The van der Waals surface area contributed by atoms with Crippen molar-refractivity contribution in [2.45, 2.75) is 31.6 Å². The van der Waals surface area contributed by atoms with Crippen molar-refractivity contribution in [2.24, 2.45) is 17.8 Å². The summed E-state index contributed by atoms with van der Waals surface area (Å²) in [5, 5.41) is 3.08. The van der Waals surface area contributed by atoms with Crippen LogP contribution >= 0.6 is 0 Å². The van der Waals surface area contributed by atoms with Crippen molar-refractivity contribution in [2.75, 3.05) is 30.7 Å². The Hall–Kier alpha value is -2.18. The van der Waals surface area contributed by atoms with E-state index in [0.717, 1.165) is 49.3 Å². The van der Waals surface area contributed by atoms with Gasteiger partial charge >= 0.3 is 0 Å². The number of carbonyl (C=O) groups excluding carboxylic acids is 1. The lowest BCUT2D eigenvalue weighted by Gasteiger charge is -2.43. The van der Waals surface area contributed by atoms with Gasteiger partial charge in [0.2, 0.25) is 5.91 Å². The van der Waals surface area contributed by atoms with Crippen LogP contribution in [-0.4, -0.2) is 44.6 Å². The zero-order chi connectivity index (χ0) is 21.3. The molecule has 1 atom stereocenters. The molecule has 0 saturated carbocycles. The van der Waals surface area contributed by atoms with E-state index in [1.807, 2.05) is 50.2 Å². The van der Waals surface area contributed by atoms with Crippen molar-refractivity contribution in [1.29, 1.82) is 0 Å². The van der Waals surface area contributed by atoms with Crippen molar-refractivity contribution in [1.82, 2.24) is 4.90 Å². The minimum Gasteiger partial charge on any atom is -0.326 e. The van der Waals surface area contributed by atoms with Crippen molar-refractivity contribution < 1.29 is 13.2 Å². The first kappa shape index (κ1) is 21.1. The molecule has 0 unspecified atom stereocenters. The monoisotopic (exact) mass is 426 g/mol. The number of hydrogen-bond acceptors (Lipinski definition) is 4. The van der Waals surface area contributed by atoms with Gasteiger partial charge in [-0.05, 0) is 73.2 Å². The minimum atomic E-state index is -3.24. The van der Waals surface area contributed by atoms with Crippen molar-refractivity contribution in [3.63, 3.8) is 0 Å². The smallest absolute Gasteiger partial charge is 0.229 e. The van der Waals surface area contributed by atoms with E-state index < -0.39 is 9.84 Å². The molecule has 1 N–H and O–H groups in total. The molecule has 2 bridgehead atoms. The third kappa shape index (κ3) is 4.60. The number of rotatable bonds is 6. The molecule has 0 aliphatic carbocycles. The van der Waals surface area contributed by atoms with Gasteiger partial charge < -0.3 is 10.2 Å². The van der Waals surface area contributed by atoms with Crippen LogP contribution in [-0.2, 0) is 14.6 Å². The summed E-state index contributed by atoms with van der Waals surface area (Å²) in [5.74, 6) is 0.975. The summed E-state index contributed by atoms with van der Waals surface area (Å²) in [6.07, 6.45) is 2.25. The van der Waals surface area contributed by atoms with Crippen LogP contribution in [0.3, 0.4) is 0 Å². The molecule has 3 fully saturated rings. The fourth-order valence-electron chi connectivity index (χ4n) is 4.63. The van der Waals surface area contributed by atoms with Gasteiger partial charge in [0.15, 0.2) is 9.84 Å². The van der Waals surface area contributed by atoms with Gasteiger partial charge in [-0.1, -0.05) is 38.1 Å². The van der Waals surface area contributed by atoms with Crippen LogP contribution in [0.5, 0.6) is 0 Å². The Kier molecular flexibility index (Phi) is 5.98. The van der Waals surface area contributed by atoms with Gasteiger partial charge in [0.1, 0.15) is 0 Å². The number of hydrogen-bond donors (Lipinski definition) is 1. The average Bonchev–Trinajstić information content (AvgIpc) is 2.74. The predicted octanol–water partition coefficient (Wildman–Crippen LogP) is 4.06. The number of nitrogens with zero attached hydrogens (tertiary/aromatic N) is 1. The molecule has 1 amide bonds. The van der Waals surface area contributed by atoms with Gasteiger partial charge in [-0.3, -0.25) is 4.79 Å². The summed E-state index contributed by atoms with van der Waals surface area (Å²) in [6.45, 7) is 6.94. The summed E-state index contributed by atoms with van der Waals surface area (Å²) >= 11 is 0. The fraction of sp³-hybridized carbons (Fsp3) is 0.458. The molecule has 3 saturated heterocycles. The topological polar surface area (TPSA) is 66.5 Å². The Balaban J connectivity index is 1.41. The summed E-state index contributed by atoms with van der Waals surface area (Å²) in [4.78, 5) is 15.5. The van der Waals surface area contributed by atoms with Crippen molar-refractivity contribution >= 4 is 21.4 Å². The van der Waals surface area contributed by atoms with Crippen LogP contribution in [0, 0.1) is 17.8 Å². The molecular weight excluding hydrogens is 396 g/mol. The maximum atomic E-state index is 12.7. The van der Waals surface area contributed by atoms with Crippen LogP contribution in [0.1, 0.15) is 26.7 Å². The van der Waals surface area contributed by atoms with Gasteiger partial charge in [-0.2, -0.15) is 0 Å². The number of amides is 1. The van der Waals surface area contributed by atoms with Gasteiger partial charge in [0.25, 0.3) is 0 Å². The molecule has 6 heteroatoms. The normalized spacial score (nSPS) is 23.5. The molecule has 3 aliphatic rings. The summed E-state index contributed by atoms with van der Waals surface area (Å²) in [7, 11) is -3.24. The second-order valence-corrected chi connectivity index (χ2v) is 11.0. The second-order valence-electron chi connectivity index (χ2n) is 9.01. The molecule has 0 radical (unpaired) electrons. The number of anilines is 1. The summed E-state index contributed by atoms with van der Waals surface area (Å²) in [6, 6.07) is 14.8. The van der Waals surface area contributed by atoms with E-state index in [2.05, 4.69) is 10.2 Å². The van der Waals surface area contributed by atoms with Gasteiger partial charge in [-0.15, -0.1) is 0 Å². The van der Waals surface area contributed by atoms with Crippen LogP contribution < -0.4 is 5.32 Å². The molecule has 0 spiro atoms. The molecule has 2 aromatic rings. The van der Waals surface area contributed by atoms with Crippen LogP contribution in [0.15, 0.2) is 53.4 Å². The largest absolute Gasteiger partial charge is 0.326 e. The highest BCUT2D eigenvalue weighted by molar-refractivity contribution is 7.91. The maximum Gasteiger partial charge on any atom is 0.229 e. The van der Waals surface area contributed by atoms with Gasteiger partial charge in [-0.25, -0.2) is 8.42 Å². The number of nitrogens with one attached hydrogen (secondary N) is 1. The molecular formula is C24H30N2O3S. The maximum absolute atomic E-state index is 12.7. The molecule has 3 aliphatic heterocycles. The Labute approximate surface area is 179 Å². The summed E-state index contributed by atoms with van der Waals surface area (Å²) in [5.41, 5.74) is 2.74. The van der Waals surface area contributed by atoms with Crippen LogP contribution in [0.4, 0.5) is 5.69 Å². The molecule has 2 aromatic carbocycles. The predicted molar refractivity (Wildman–Crippen MR) is 120 cm³/mol. The van der Waals surface area contributed by atoms with Crippen LogP contribution in [0.2, 0.25) is 0 Å². The number of piperidine rings is 3. The zero-order valence-electron chi connectivity index (χ0n) is 17.7. The Bertz CT molecular complexity index is 990. The molecule has 30 heavy (non-hydrogen) atoms. The van der Waals surface area contributed by atoms with Gasteiger partial charge in [0.05, 0.1) is 16.6 Å². The van der Waals surface area contributed by atoms with Crippen molar-refractivity contribution in [3.05, 3.63) is 48.5 Å². The third-order valence-corrected chi connectivity index (χ3v) is 8.34. The highest BCUT2D eigenvalue weighted by atomic mass is 32.2. The number of carbonyl (C=O) groups is 1. The summed E-state index contributed by atoms with van der Waals surface area (Å²) < 4.78 is 24.7. The quantitative estimate of drug-likeness (QED) is 0.756. The Morgan fingerprint density at radius 3 is 2.07 bits per heavy atom. The highest BCUT2D eigenvalue weighted by Crippen LogP contribution is 2.33. The SMILES string of the molecule is CC(C)CS(=O)(=O)c1ccc(-c2ccc(NC(=O)[C@H]3CN4CCC3CC4)cc2)cc1. The average molecular weight is 427 g/mol. The minimum absolute atomic E-state index is 0.0903. The molecule has 160 valence electrons. The molecule has 3 heterocycles. The standard InChI is InChI=1S/C24H30N2O3S/c1-17(2)16-30(28,29)22-9-5-19(6-10-22)18-3-7-21(8-4-18)25-24(27)23-15-26-13-11-20(23)12-14-26/h3-10,17,20,23H,11-16H2,1-2H3,(H,25,27)/t23-/m0/s1. The highest BCUT2D eigenvalue weighted by Gasteiger charge is 2.38. The molecule has 0 aromatic heterocycles. The van der Waals surface area contributed by atoms with E-state index >= 15 is 0 Å². The lowest BCUT2D eigenvalue weighted by molar-refractivity contribution is -0.125. The Morgan fingerprint density at radius 2 is 1.57 bits per heavy atom. The number of benzene rings is 2. The lowest BCUT2D eigenvalue weighted by Crippen LogP contribution is -2.51. The first-order chi connectivity index (χ1) is 14.3. The number of sulfone groups is 1. The number of fused-ring (bicyclic) bond motifs is 3. The lowest BCUT2D eigenvalue weighted by atomic mass is 9.78. The van der Waals surface area contributed by atoms with Crippen molar-refractivity contribution in [3.8, 4) is 11.1 Å². The first-order valence-corrected chi connectivity index (χ1v) is 12.4. The first-order valence-electron chi connectivity index (χ1n) is 10.8. The van der Waals surface area contributed by atoms with E-state index in [9.17, 15) is 13.2 Å². The van der Waals surface area contributed by atoms with E-state index in [1.54, 1.807) is 12.1 Å². The second kappa shape index (κ2) is 8.52. The van der Waals surface area contributed by atoms with E-state index in [0.29, 0.717) is 10.8 Å². The molecule has 5 nitrogen and oxygen atoms in total. The van der Waals surface area contributed by atoms with E-state index in [-0.39, 0.29) is 23.5 Å². The Morgan fingerprint density at radius 1 is 1.00 bits per heavy atom.